The third-order valence-corrected chi connectivity index (χ3v) is 1.01. The second-order valence-corrected chi connectivity index (χ2v) is 1.81. The maximum atomic E-state index is 5.26. The lowest BCUT2D eigenvalue weighted by Crippen LogP contribution is -2.18. The molecule has 3 heteroatoms. The third-order valence-electron chi connectivity index (χ3n) is 0.834. The minimum atomic E-state index is 0.746. The predicted molar refractivity (Wildman–Crippen MR) is 39.7 cm³/mol. The summed E-state index contributed by atoms with van der Waals surface area (Å²) >= 11 is 5.26. The molecular weight excluding hydrogens is 138 g/mol. The average Bonchev–Trinajstić information content (AvgIpc) is 1.89. The van der Waals surface area contributed by atoms with Gasteiger partial charge in [-0.25, -0.2) is 0 Å². The van der Waals surface area contributed by atoms with E-state index in [4.69, 9.17) is 16.3 Å². The number of ether oxygens (including phenoxy) is 1. The molecule has 0 bridgehead atoms. The van der Waals surface area contributed by atoms with Crippen molar-refractivity contribution >= 4 is 11.6 Å². The molecule has 0 rings (SSSR count). The molecule has 0 spiro atoms. The molecule has 0 saturated heterocycles. The maximum absolute atomic E-state index is 5.26. The minimum absolute atomic E-state index is 0.746. The predicted octanol–water partition coefficient (Wildman–Crippen LogP) is 0.975. The number of hydrogen-bond acceptors (Lipinski definition) is 2. The van der Waals surface area contributed by atoms with E-state index in [1.807, 2.05) is 6.08 Å². The fourth-order valence-corrected chi connectivity index (χ4v) is 0.493. The molecule has 0 radical (unpaired) electrons. The highest BCUT2D eigenvalue weighted by atomic mass is 35.5. The van der Waals surface area contributed by atoms with E-state index in [-0.39, 0.29) is 0 Å². The molecule has 0 atom stereocenters. The summed E-state index contributed by atoms with van der Waals surface area (Å²) in [5.41, 5.74) is 1.50. The Bertz CT molecular complexity index is 75.5. The molecule has 0 unspecified atom stereocenters. The third kappa shape index (κ3) is 7.95. The zero-order valence-corrected chi connectivity index (χ0v) is 6.32. The summed E-state index contributed by atoms with van der Waals surface area (Å²) < 4.78 is 4.80. The van der Waals surface area contributed by atoms with Crippen LogP contribution < -0.4 is 5.32 Å². The van der Waals surface area contributed by atoms with Crippen molar-refractivity contribution in [3.05, 3.63) is 11.6 Å². The van der Waals surface area contributed by atoms with Crippen molar-refractivity contribution in [1.29, 1.82) is 0 Å². The van der Waals surface area contributed by atoms with E-state index in [1.54, 1.807) is 7.11 Å². The minimum Gasteiger partial charge on any atom is -0.383 e. The first kappa shape index (κ1) is 8.95. The van der Waals surface area contributed by atoms with Gasteiger partial charge in [0.05, 0.1) is 6.61 Å². The largest absolute Gasteiger partial charge is 0.383 e. The molecule has 0 aromatic heterocycles. The summed E-state index contributed by atoms with van der Waals surface area (Å²) in [5.74, 6) is 0. The van der Waals surface area contributed by atoms with Crippen molar-refractivity contribution < 1.29 is 4.74 Å². The van der Waals surface area contributed by atoms with Crippen molar-refractivity contribution in [1.82, 2.24) is 5.32 Å². The van der Waals surface area contributed by atoms with Crippen LogP contribution in [0, 0.1) is 0 Å². The standard InChI is InChI=1S/C6H12ClNO/c1-9-6-5-8-4-2-3-7/h2-3,8H,4-6H2,1H3/b3-2+. The molecule has 0 amide bonds. The van der Waals surface area contributed by atoms with Gasteiger partial charge in [0.15, 0.2) is 0 Å². The highest BCUT2D eigenvalue weighted by Crippen LogP contribution is 1.74. The molecule has 0 aliphatic rings. The lowest BCUT2D eigenvalue weighted by Gasteiger charge is -1.97. The summed E-state index contributed by atoms with van der Waals surface area (Å²) in [6.07, 6.45) is 1.84. The van der Waals surface area contributed by atoms with Gasteiger partial charge in [-0.15, -0.1) is 0 Å². The van der Waals surface area contributed by atoms with E-state index in [0.717, 1.165) is 19.7 Å². The molecule has 0 fully saturated rings. The highest BCUT2D eigenvalue weighted by Gasteiger charge is 1.79. The lowest BCUT2D eigenvalue weighted by atomic mass is 10.6. The van der Waals surface area contributed by atoms with Gasteiger partial charge in [0.1, 0.15) is 0 Å². The Morgan fingerprint density at radius 2 is 2.44 bits per heavy atom. The van der Waals surface area contributed by atoms with Crippen molar-refractivity contribution in [2.45, 2.75) is 0 Å². The van der Waals surface area contributed by atoms with Crippen LogP contribution in [0.5, 0.6) is 0 Å². The molecule has 1 N–H and O–H groups in total. The Labute approximate surface area is 60.8 Å². The van der Waals surface area contributed by atoms with Crippen LogP contribution in [0.3, 0.4) is 0 Å². The van der Waals surface area contributed by atoms with E-state index in [1.165, 1.54) is 5.54 Å². The van der Waals surface area contributed by atoms with Crippen LogP contribution >= 0.6 is 11.6 Å². The van der Waals surface area contributed by atoms with Crippen LogP contribution in [0.25, 0.3) is 0 Å². The molecule has 0 heterocycles. The summed E-state index contributed by atoms with van der Waals surface area (Å²) in [6.45, 7) is 2.43. The van der Waals surface area contributed by atoms with Gasteiger partial charge >= 0.3 is 0 Å². The number of rotatable bonds is 5. The number of methoxy groups -OCH3 is 1. The molecule has 0 aliphatic heterocycles. The van der Waals surface area contributed by atoms with Gasteiger partial charge in [-0.1, -0.05) is 17.7 Å². The Hall–Kier alpha value is -0.0500. The Kier molecular flexibility index (Phi) is 7.91. The Morgan fingerprint density at radius 1 is 1.67 bits per heavy atom. The summed E-state index contributed by atoms with van der Waals surface area (Å²) in [4.78, 5) is 0. The van der Waals surface area contributed by atoms with Gasteiger partial charge < -0.3 is 10.1 Å². The monoisotopic (exact) mass is 149 g/mol. The maximum Gasteiger partial charge on any atom is 0.0587 e. The van der Waals surface area contributed by atoms with E-state index in [2.05, 4.69) is 5.32 Å². The Balaban J connectivity index is 2.75. The van der Waals surface area contributed by atoms with E-state index < -0.39 is 0 Å². The SMILES string of the molecule is COCCNC/C=C/Cl. The average molecular weight is 150 g/mol. The number of hydrogen-bond donors (Lipinski definition) is 1. The van der Waals surface area contributed by atoms with E-state index >= 15 is 0 Å². The van der Waals surface area contributed by atoms with Crippen LogP contribution in [0.4, 0.5) is 0 Å². The summed E-state index contributed by atoms with van der Waals surface area (Å²) in [6, 6.07) is 0. The molecule has 9 heavy (non-hydrogen) atoms. The first-order valence-corrected chi connectivity index (χ1v) is 3.30. The quantitative estimate of drug-likeness (QED) is 0.589. The molecular formula is C6H12ClNO. The first-order valence-electron chi connectivity index (χ1n) is 2.86. The topological polar surface area (TPSA) is 21.3 Å². The normalized spacial score (nSPS) is 10.9. The molecule has 0 aromatic carbocycles. The van der Waals surface area contributed by atoms with Crippen LogP contribution in [-0.4, -0.2) is 26.8 Å². The van der Waals surface area contributed by atoms with Gasteiger partial charge in [-0.2, -0.15) is 0 Å². The molecule has 0 saturated carbocycles. The highest BCUT2D eigenvalue weighted by molar-refractivity contribution is 6.25. The Morgan fingerprint density at radius 3 is 3.00 bits per heavy atom. The van der Waals surface area contributed by atoms with E-state index in [9.17, 15) is 0 Å². The van der Waals surface area contributed by atoms with Gasteiger partial charge in [0.2, 0.25) is 0 Å². The van der Waals surface area contributed by atoms with Crippen molar-refractivity contribution in [3.63, 3.8) is 0 Å². The molecule has 2 nitrogen and oxygen atoms in total. The molecule has 0 aliphatic carbocycles. The van der Waals surface area contributed by atoms with Crippen LogP contribution in [0.1, 0.15) is 0 Å². The molecule has 54 valence electrons. The van der Waals surface area contributed by atoms with Crippen molar-refractivity contribution in [2.24, 2.45) is 0 Å². The fraction of sp³-hybridized carbons (Fsp3) is 0.667. The zero-order chi connectivity index (χ0) is 6.95. The van der Waals surface area contributed by atoms with Crippen molar-refractivity contribution in [3.8, 4) is 0 Å². The van der Waals surface area contributed by atoms with Gasteiger partial charge in [-0.05, 0) is 0 Å². The lowest BCUT2D eigenvalue weighted by molar-refractivity contribution is 0.200. The first-order chi connectivity index (χ1) is 4.41. The smallest absolute Gasteiger partial charge is 0.0587 e. The second-order valence-electron chi connectivity index (χ2n) is 1.56. The van der Waals surface area contributed by atoms with E-state index in [0.29, 0.717) is 0 Å². The number of halogens is 1. The van der Waals surface area contributed by atoms with Crippen LogP contribution in [-0.2, 0) is 4.74 Å². The fourth-order valence-electron chi connectivity index (χ4n) is 0.404. The summed E-state index contributed by atoms with van der Waals surface area (Å²) in [5, 5.41) is 3.09. The zero-order valence-electron chi connectivity index (χ0n) is 5.56. The van der Waals surface area contributed by atoms with Crippen LogP contribution in [0.15, 0.2) is 11.6 Å². The van der Waals surface area contributed by atoms with Gasteiger partial charge in [0, 0.05) is 25.7 Å². The van der Waals surface area contributed by atoms with Gasteiger partial charge in [-0.3, -0.25) is 0 Å². The van der Waals surface area contributed by atoms with Crippen LogP contribution in [0.2, 0.25) is 0 Å². The summed E-state index contributed by atoms with van der Waals surface area (Å²) in [7, 11) is 1.68. The number of nitrogens with one attached hydrogen (secondary N) is 1. The molecule has 0 aromatic rings. The van der Waals surface area contributed by atoms with Gasteiger partial charge in [0.25, 0.3) is 0 Å². The van der Waals surface area contributed by atoms with Crippen molar-refractivity contribution in [2.75, 3.05) is 26.8 Å². The second kappa shape index (κ2) is 7.95.